The van der Waals surface area contributed by atoms with Gasteiger partial charge in [-0.2, -0.15) is 0 Å². The minimum atomic E-state index is -1.54. The van der Waals surface area contributed by atoms with Crippen molar-refractivity contribution in [3.05, 3.63) is 71.8 Å². The molecule has 128 valence electrons. The molecule has 0 saturated carbocycles. The minimum Gasteiger partial charge on any atom is -0.284 e. The molecule has 0 spiro atoms. The zero-order valence-corrected chi connectivity index (χ0v) is 16.8. The molecule has 2 nitrogen and oxygen atoms in total. The fourth-order valence-electron chi connectivity index (χ4n) is 1.54. The van der Waals surface area contributed by atoms with E-state index in [4.69, 9.17) is 46.4 Å². The van der Waals surface area contributed by atoms with Crippen molar-refractivity contribution in [3.8, 4) is 0 Å². The van der Waals surface area contributed by atoms with Crippen molar-refractivity contribution >= 4 is 81.9 Å². The van der Waals surface area contributed by atoms with Crippen molar-refractivity contribution in [1.29, 1.82) is 0 Å². The second-order valence-electron chi connectivity index (χ2n) is 4.49. The van der Waals surface area contributed by atoms with Crippen LogP contribution in [0, 0.1) is 0 Å². The summed E-state index contributed by atoms with van der Waals surface area (Å²) in [6, 6.07) is 17.4. The molecule has 0 aromatic heterocycles. The first-order chi connectivity index (χ1) is 11.1. The van der Waals surface area contributed by atoms with Gasteiger partial charge in [0.1, 0.15) is 0 Å². The predicted molar refractivity (Wildman–Crippen MR) is 108 cm³/mol. The van der Waals surface area contributed by atoms with E-state index < -0.39 is 18.9 Å². The number of alkyl halides is 4. The molecular weight excluding hydrogens is 430 g/mol. The molecule has 0 aliphatic carbocycles. The average molecular weight is 442 g/mol. The summed E-state index contributed by atoms with van der Waals surface area (Å²) in [6.45, 7) is 0. The Labute approximate surface area is 171 Å². The van der Waals surface area contributed by atoms with E-state index in [1.807, 2.05) is 12.1 Å². The van der Waals surface area contributed by atoms with Crippen LogP contribution >= 0.6 is 71.7 Å². The van der Waals surface area contributed by atoms with E-state index in [2.05, 4.69) is 25.3 Å². The van der Waals surface area contributed by atoms with Gasteiger partial charge in [-0.05, 0) is 11.1 Å². The standard InChI is InChI=1S/2C8H6Cl2OS/c2*9-8(10,7(11)12)6-4-2-1-3-5-6/h2*1-5H,(H,11,12). The molecule has 2 aromatic rings. The molecule has 2 aromatic carbocycles. The van der Waals surface area contributed by atoms with Crippen LogP contribution in [0.25, 0.3) is 0 Å². The zero-order chi connectivity index (χ0) is 18.4. The second-order valence-corrected chi connectivity index (χ2v) is 7.96. The van der Waals surface area contributed by atoms with Crippen molar-refractivity contribution < 1.29 is 9.59 Å². The fourth-order valence-corrected chi connectivity index (χ4v) is 2.30. The largest absolute Gasteiger partial charge is 0.284 e. The third-order valence-electron chi connectivity index (χ3n) is 2.81. The van der Waals surface area contributed by atoms with E-state index in [1.165, 1.54) is 0 Å². The summed E-state index contributed by atoms with van der Waals surface area (Å²) in [7, 11) is 0. The minimum absolute atomic E-state index is 0.535. The smallest absolute Gasteiger partial charge is 0.226 e. The Bertz CT molecular complexity index is 630. The van der Waals surface area contributed by atoms with Gasteiger partial charge in [0, 0.05) is 0 Å². The van der Waals surface area contributed by atoms with Crippen molar-refractivity contribution in [1.82, 2.24) is 0 Å². The molecule has 0 bridgehead atoms. The van der Waals surface area contributed by atoms with Gasteiger partial charge in [0.15, 0.2) is 0 Å². The Morgan fingerprint density at radius 2 is 0.875 bits per heavy atom. The van der Waals surface area contributed by atoms with Gasteiger partial charge in [-0.25, -0.2) is 0 Å². The van der Waals surface area contributed by atoms with E-state index in [-0.39, 0.29) is 0 Å². The van der Waals surface area contributed by atoms with Crippen LogP contribution in [0.15, 0.2) is 60.7 Å². The van der Waals surface area contributed by atoms with E-state index in [0.717, 1.165) is 0 Å². The Morgan fingerprint density at radius 3 is 1.08 bits per heavy atom. The first-order valence-corrected chi connectivity index (χ1v) is 8.84. The molecule has 0 saturated heterocycles. The van der Waals surface area contributed by atoms with Crippen LogP contribution in [0.3, 0.4) is 0 Å². The number of thiol groups is 2. The molecule has 24 heavy (non-hydrogen) atoms. The fraction of sp³-hybridized carbons (Fsp3) is 0.125. The lowest BCUT2D eigenvalue weighted by atomic mass is 10.1. The van der Waals surface area contributed by atoms with E-state index >= 15 is 0 Å². The Morgan fingerprint density at radius 1 is 0.625 bits per heavy atom. The predicted octanol–water partition coefficient (Wildman–Crippen LogP) is 5.55. The third kappa shape index (κ3) is 5.87. The summed E-state index contributed by atoms with van der Waals surface area (Å²) >= 11 is 30.1. The number of carbonyl (C=O) groups excluding carboxylic acids is 2. The summed E-state index contributed by atoms with van der Waals surface area (Å²) in [5, 5.41) is -1.14. The maximum atomic E-state index is 10.9. The number of halogens is 4. The summed E-state index contributed by atoms with van der Waals surface area (Å²) < 4.78 is -3.07. The first kappa shape index (κ1) is 21.7. The summed E-state index contributed by atoms with van der Waals surface area (Å²) in [4.78, 5) is 21.7. The van der Waals surface area contributed by atoms with Crippen LogP contribution in [0.1, 0.15) is 11.1 Å². The summed E-state index contributed by atoms with van der Waals surface area (Å²) in [5.74, 6) is 0. The second kappa shape index (κ2) is 9.37. The van der Waals surface area contributed by atoms with Gasteiger partial charge in [0.2, 0.25) is 18.9 Å². The molecule has 0 fully saturated rings. The lowest BCUT2D eigenvalue weighted by Crippen LogP contribution is -2.18. The first-order valence-electron chi connectivity index (χ1n) is 6.43. The zero-order valence-electron chi connectivity index (χ0n) is 12.0. The molecule has 0 heterocycles. The molecule has 0 N–H and O–H groups in total. The Kier molecular flexibility index (Phi) is 8.46. The lowest BCUT2D eigenvalue weighted by molar-refractivity contribution is -0.112. The van der Waals surface area contributed by atoms with Gasteiger partial charge in [0.05, 0.1) is 0 Å². The number of rotatable bonds is 4. The van der Waals surface area contributed by atoms with Gasteiger partial charge in [-0.1, -0.05) is 107 Å². The summed E-state index contributed by atoms with van der Waals surface area (Å²) in [6.07, 6.45) is 0. The molecule has 0 radical (unpaired) electrons. The maximum Gasteiger partial charge on any atom is 0.226 e. The Balaban J connectivity index is 0.000000240. The monoisotopic (exact) mass is 440 g/mol. The third-order valence-corrected chi connectivity index (χ3v) is 5.57. The Hall–Kier alpha value is -0.360. The van der Waals surface area contributed by atoms with Gasteiger partial charge in [0.25, 0.3) is 0 Å². The molecular formula is C16H12Cl4O2S2. The SMILES string of the molecule is O=C(S)C(Cl)(Cl)c1ccccc1.O=C(S)C(Cl)(Cl)c1ccccc1. The molecule has 8 heteroatoms. The number of carbonyl (C=O) groups is 2. The quantitative estimate of drug-likeness (QED) is 0.481. The molecule has 0 atom stereocenters. The van der Waals surface area contributed by atoms with Crippen molar-refractivity contribution in [2.24, 2.45) is 0 Å². The molecule has 0 unspecified atom stereocenters. The van der Waals surface area contributed by atoms with Gasteiger partial charge >= 0.3 is 0 Å². The van der Waals surface area contributed by atoms with E-state index in [9.17, 15) is 9.59 Å². The number of hydrogen-bond acceptors (Lipinski definition) is 2. The lowest BCUT2D eigenvalue weighted by Gasteiger charge is -2.14. The van der Waals surface area contributed by atoms with Crippen LogP contribution in [0.2, 0.25) is 0 Å². The molecule has 0 amide bonds. The maximum absolute atomic E-state index is 10.9. The van der Waals surface area contributed by atoms with Crippen LogP contribution in [-0.4, -0.2) is 10.2 Å². The van der Waals surface area contributed by atoms with Gasteiger partial charge < -0.3 is 0 Å². The van der Waals surface area contributed by atoms with Crippen LogP contribution in [0.4, 0.5) is 0 Å². The molecule has 0 aliphatic heterocycles. The van der Waals surface area contributed by atoms with Crippen molar-refractivity contribution in [3.63, 3.8) is 0 Å². The highest BCUT2D eigenvalue weighted by molar-refractivity contribution is 7.97. The highest BCUT2D eigenvalue weighted by atomic mass is 35.5. The van der Waals surface area contributed by atoms with Gasteiger partial charge in [-0.15, -0.1) is 25.3 Å². The average Bonchev–Trinajstić information content (AvgIpc) is 2.56. The molecule has 2 rings (SSSR count). The van der Waals surface area contributed by atoms with Crippen molar-refractivity contribution in [2.75, 3.05) is 0 Å². The normalized spacial score (nSPS) is 11.2. The van der Waals surface area contributed by atoms with Crippen molar-refractivity contribution in [2.45, 2.75) is 8.67 Å². The summed E-state index contributed by atoms with van der Waals surface area (Å²) in [5.41, 5.74) is 1.07. The van der Waals surface area contributed by atoms with Gasteiger partial charge in [-0.3, -0.25) is 9.59 Å². The highest BCUT2D eigenvalue weighted by Crippen LogP contribution is 2.36. The molecule has 0 aliphatic rings. The highest BCUT2D eigenvalue weighted by Gasteiger charge is 2.33. The topological polar surface area (TPSA) is 34.1 Å². The van der Waals surface area contributed by atoms with Crippen LogP contribution in [0.5, 0.6) is 0 Å². The number of hydrogen-bond donors (Lipinski definition) is 2. The van der Waals surface area contributed by atoms with Crippen LogP contribution in [-0.2, 0) is 18.3 Å². The number of benzene rings is 2. The van der Waals surface area contributed by atoms with E-state index in [1.54, 1.807) is 48.5 Å². The van der Waals surface area contributed by atoms with E-state index in [0.29, 0.717) is 11.1 Å². The van der Waals surface area contributed by atoms with Crippen LogP contribution < -0.4 is 0 Å².